The molecule has 0 N–H and O–H groups in total. The van der Waals surface area contributed by atoms with Crippen LogP contribution < -0.4 is 0 Å². The third-order valence-electron chi connectivity index (χ3n) is 1.84. The first-order valence-corrected chi connectivity index (χ1v) is 6.16. The lowest BCUT2D eigenvalue weighted by Gasteiger charge is -2.14. The van der Waals surface area contributed by atoms with Gasteiger partial charge in [-0.1, -0.05) is 12.1 Å². The van der Waals surface area contributed by atoms with E-state index in [0.29, 0.717) is 6.54 Å². The molecule has 0 aliphatic rings. The predicted octanol–water partition coefficient (Wildman–Crippen LogP) is 0.218. The van der Waals surface area contributed by atoms with Gasteiger partial charge in [-0.05, 0) is 15.9 Å². The largest absolute Gasteiger partial charge is 0.262 e. The molecule has 0 fully saturated rings. The van der Waals surface area contributed by atoms with Gasteiger partial charge in [-0.3, -0.25) is 0 Å². The van der Waals surface area contributed by atoms with E-state index in [9.17, 15) is 8.42 Å². The van der Waals surface area contributed by atoms with E-state index in [1.165, 1.54) is 23.1 Å². The zero-order valence-corrected chi connectivity index (χ0v) is 10.5. The molecule has 1 heterocycles. The van der Waals surface area contributed by atoms with Crippen LogP contribution >= 0.6 is 15.9 Å². The summed E-state index contributed by atoms with van der Waals surface area (Å²) < 4.78 is 26.4. The van der Waals surface area contributed by atoms with Gasteiger partial charge < -0.3 is 0 Å². The van der Waals surface area contributed by atoms with Crippen LogP contribution in [0.5, 0.6) is 0 Å². The van der Waals surface area contributed by atoms with E-state index >= 15 is 0 Å². The number of halogens is 1. The molecule has 1 aromatic rings. The van der Waals surface area contributed by atoms with Crippen LogP contribution in [0.1, 0.15) is 6.92 Å². The van der Waals surface area contributed by atoms with Gasteiger partial charge in [0.05, 0.1) is 0 Å². The molecule has 0 saturated heterocycles. The number of sulfonamides is 1. The van der Waals surface area contributed by atoms with Crippen molar-refractivity contribution in [3.8, 4) is 0 Å². The third-order valence-corrected chi connectivity index (χ3v) is 4.66. The van der Waals surface area contributed by atoms with Gasteiger partial charge >= 0.3 is 0 Å². The maximum Gasteiger partial charge on any atom is 0.262 e. The number of hydrogen-bond donors (Lipinski definition) is 0. The molecule has 8 heteroatoms. The van der Waals surface area contributed by atoms with Gasteiger partial charge in [-0.15, -0.1) is 5.10 Å². The van der Waals surface area contributed by atoms with Gasteiger partial charge in [0.1, 0.15) is 0 Å². The molecule has 0 spiro atoms. The molecular formula is C6H11BrN4O2S. The highest BCUT2D eigenvalue weighted by atomic mass is 79.9. The van der Waals surface area contributed by atoms with E-state index in [1.54, 1.807) is 6.92 Å². The Kier molecular flexibility index (Phi) is 3.28. The maximum atomic E-state index is 11.9. The highest BCUT2D eigenvalue weighted by Crippen LogP contribution is 2.20. The first-order chi connectivity index (χ1) is 6.41. The summed E-state index contributed by atoms with van der Waals surface area (Å²) in [6, 6.07) is 0. The van der Waals surface area contributed by atoms with Crippen LogP contribution in [-0.4, -0.2) is 41.3 Å². The summed E-state index contributed by atoms with van der Waals surface area (Å²) in [5.41, 5.74) is 0. The average molecular weight is 283 g/mol. The molecule has 0 amide bonds. The van der Waals surface area contributed by atoms with Gasteiger partial charge in [0, 0.05) is 20.6 Å². The fourth-order valence-electron chi connectivity index (χ4n) is 0.914. The Morgan fingerprint density at radius 2 is 2.14 bits per heavy atom. The van der Waals surface area contributed by atoms with Crippen LogP contribution in [0.4, 0.5) is 0 Å². The zero-order valence-electron chi connectivity index (χ0n) is 8.10. The zero-order chi connectivity index (χ0) is 10.9. The Hall–Kier alpha value is -0.470. The summed E-state index contributed by atoms with van der Waals surface area (Å²) in [6.45, 7) is 2.16. The van der Waals surface area contributed by atoms with E-state index in [4.69, 9.17) is 0 Å². The Labute approximate surface area is 91.1 Å². The molecule has 6 nitrogen and oxygen atoms in total. The van der Waals surface area contributed by atoms with Crippen molar-refractivity contribution >= 4 is 26.0 Å². The second-order valence-corrected chi connectivity index (χ2v) is 5.44. The van der Waals surface area contributed by atoms with Crippen LogP contribution in [0.3, 0.4) is 0 Å². The predicted molar refractivity (Wildman–Crippen MR) is 54.2 cm³/mol. The highest BCUT2D eigenvalue weighted by molar-refractivity contribution is 9.10. The highest BCUT2D eigenvalue weighted by Gasteiger charge is 2.27. The molecule has 0 aliphatic heterocycles. The third kappa shape index (κ3) is 1.82. The molecule has 0 aliphatic carbocycles. The molecule has 0 aromatic carbocycles. The monoisotopic (exact) mass is 282 g/mol. The van der Waals surface area contributed by atoms with E-state index in [-0.39, 0.29) is 9.63 Å². The van der Waals surface area contributed by atoms with E-state index in [2.05, 4.69) is 26.2 Å². The number of nitrogens with zero attached hydrogens (tertiary/aromatic N) is 4. The van der Waals surface area contributed by atoms with Gasteiger partial charge in [0.25, 0.3) is 10.0 Å². The molecule has 0 atom stereocenters. The van der Waals surface area contributed by atoms with Crippen LogP contribution in [-0.2, 0) is 17.1 Å². The fraction of sp³-hybridized carbons (Fsp3) is 0.667. The molecule has 0 saturated carbocycles. The summed E-state index contributed by atoms with van der Waals surface area (Å²) in [4.78, 5) is 0. The molecule has 0 unspecified atom stereocenters. The minimum atomic E-state index is -3.48. The molecule has 80 valence electrons. The van der Waals surface area contributed by atoms with Crippen molar-refractivity contribution < 1.29 is 8.42 Å². The smallest absolute Gasteiger partial charge is 0.235 e. The SMILES string of the molecule is CCN(C)S(=O)(=O)c1c(Br)nnn1C. The first-order valence-electron chi connectivity index (χ1n) is 3.92. The summed E-state index contributed by atoms with van der Waals surface area (Å²) in [5.74, 6) is 0. The van der Waals surface area contributed by atoms with Crippen molar-refractivity contribution in [2.24, 2.45) is 7.05 Å². The fourth-order valence-corrected chi connectivity index (χ4v) is 3.11. The summed E-state index contributed by atoms with van der Waals surface area (Å²) in [5, 5.41) is 7.31. The van der Waals surface area contributed by atoms with Crippen LogP contribution in [0.25, 0.3) is 0 Å². The molecule has 1 rings (SSSR count). The molecule has 1 aromatic heterocycles. The quantitative estimate of drug-likeness (QED) is 0.795. The summed E-state index contributed by atoms with van der Waals surface area (Å²) in [7, 11) is -0.438. The topological polar surface area (TPSA) is 68.1 Å². The lowest BCUT2D eigenvalue weighted by atomic mass is 10.8. The average Bonchev–Trinajstić information content (AvgIpc) is 2.44. The number of aryl methyl sites for hydroxylation is 1. The summed E-state index contributed by atoms with van der Waals surface area (Å²) >= 11 is 3.05. The minimum absolute atomic E-state index is 0.0712. The van der Waals surface area contributed by atoms with Gasteiger partial charge in [-0.2, -0.15) is 4.31 Å². The molecule has 0 bridgehead atoms. The van der Waals surface area contributed by atoms with Crippen molar-refractivity contribution in [2.45, 2.75) is 11.9 Å². The van der Waals surface area contributed by atoms with E-state index < -0.39 is 10.0 Å². The van der Waals surface area contributed by atoms with Crippen molar-refractivity contribution in [3.05, 3.63) is 4.60 Å². The lowest BCUT2D eigenvalue weighted by molar-refractivity contribution is 0.474. The second kappa shape index (κ2) is 3.95. The van der Waals surface area contributed by atoms with Crippen LogP contribution in [0.15, 0.2) is 9.63 Å². The molecule has 0 radical (unpaired) electrons. The Morgan fingerprint density at radius 1 is 1.57 bits per heavy atom. The standard InChI is InChI=1S/C6H11BrN4O2S/c1-4-10(2)14(12,13)6-5(7)8-9-11(6)3/h4H2,1-3H3. The second-order valence-electron chi connectivity index (χ2n) is 2.73. The lowest BCUT2D eigenvalue weighted by Crippen LogP contribution is -2.28. The van der Waals surface area contributed by atoms with Gasteiger partial charge in [0.15, 0.2) is 4.60 Å². The van der Waals surface area contributed by atoms with Gasteiger partial charge in [0.2, 0.25) is 5.03 Å². The number of hydrogen-bond acceptors (Lipinski definition) is 4. The van der Waals surface area contributed by atoms with Crippen LogP contribution in [0, 0.1) is 0 Å². The van der Waals surface area contributed by atoms with Crippen molar-refractivity contribution in [2.75, 3.05) is 13.6 Å². The van der Waals surface area contributed by atoms with Crippen molar-refractivity contribution in [3.63, 3.8) is 0 Å². The van der Waals surface area contributed by atoms with Crippen molar-refractivity contribution in [1.29, 1.82) is 0 Å². The van der Waals surface area contributed by atoms with Crippen LogP contribution in [0.2, 0.25) is 0 Å². The Balaban J connectivity index is 3.30. The number of rotatable bonds is 3. The normalized spacial score (nSPS) is 12.4. The Morgan fingerprint density at radius 3 is 2.50 bits per heavy atom. The van der Waals surface area contributed by atoms with E-state index in [0.717, 1.165) is 0 Å². The van der Waals surface area contributed by atoms with Gasteiger partial charge in [-0.25, -0.2) is 13.1 Å². The Bertz CT molecular complexity index is 408. The summed E-state index contributed by atoms with van der Waals surface area (Å²) in [6.07, 6.45) is 0. The maximum absolute atomic E-state index is 11.9. The van der Waals surface area contributed by atoms with E-state index in [1.807, 2.05) is 0 Å². The number of aromatic nitrogens is 3. The molecule has 14 heavy (non-hydrogen) atoms. The minimum Gasteiger partial charge on any atom is -0.235 e. The molecular weight excluding hydrogens is 272 g/mol. The first kappa shape index (κ1) is 11.6. The van der Waals surface area contributed by atoms with Crippen molar-refractivity contribution in [1.82, 2.24) is 19.3 Å².